The predicted octanol–water partition coefficient (Wildman–Crippen LogP) is 2.03. The molecule has 0 rings (SSSR count). The zero-order valence-corrected chi connectivity index (χ0v) is 12.5. The molecule has 1 amide bonds. The molecule has 0 saturated heterocycles. The highest BCUT2D eigenvalue weighted by Gasteiger charge is 2.22. The molecule has 0 radical (unpaired) electrons. The molecule has 0 aliphatic heterocycles. The number of hydrogen-bond acceptors (Lipinski definition) is 3. The molecule has 0 aliphatic rings. The average Bonchev–Trinajstić information content (AvgIpc) is 2.33. The van der Waals surface area contributed by atoms with Crippen LogP contribution in [-0.4, -0.2) is 43.7 Å². The molecular weight excluding hydrogens is 228 g/mol. The molecule has 0 aliphatic carbocycles. The van der Waals surface area contributed by atoms with Gasteiger partial charge in [-0.2, -0.15) is 0 Å². The maximum atomic E-state index is 12.1. The largest absolute Gasteiger partial charge is 0.382 e. The van der Waals surface area contributed by atoms with E-state index in [9.17, 15) is 4.79 Å². The lowest BCUT2D eigenvalue weighted by atomic mass is 9.93. The second-order valence-electron chi connectivity index (χ2n) is 5.48. The van der Waals surface area contributed by atoms with Gasteiger partial charge in [0, 0.05) is 32.7 Å². The highest BCUT2D eigenvalue weighted by Crippen LogP contribution is 2.16. The minimum atomic E-state index is -0.00918. The molecule has 0 heterocycles. The molecule has 0 spiro atoms. The van der Waals surface area contributed by atoms with E-state index in [4.69, 9.17) is 10.5 Å². The van der Waals surface area contributed by atoms with Crippen molar-refractivity contribution in [2.24, 2.45) is 11.1 Å². The molecule has 2 N–H and O–H groups in total. The summed E-state index contributed by atoms with van der Waals surface area (Å²) < 4.78 is 5.25. The van der Waals surface area contributed by atoms with Crippen LogP contribution >= 0.6 is 0 Å². The quantitative estimate of drug-likeness (QED) is 0.610. The number of rotatable bonds is 10. The Morgan fingerprint density at radius 3 is 2.50 bits per heavy atom. The normalized spacial score (nSPS) is 11.6. The number of carbonyl (C=O) groups is 1. The lowest BCUT2D eigenvalue weighted by molar-refractivity contribution is -0.133. The van der Waals surface area contributed by atoms with Crippen LogP contribution in [-0.2, 0) is 9.53 Å². The molecule has 0 bridgehead atoms. The number of ether oxygens (including phenoxy) is 1. The van der Waals surface area contributed by atoms with E-state index in [1.807, 2.05) is 11.8 Å². The van der Waals surface area contributed by atoms with Crippen molar-refractivity contribution < 1.29 is 9.53 Å². The van der Waals surface area contributed by atoms with E-state index < -0.39 is 0 Å². The van der Waals surface area contributed by atoms with Crippen LogP contribution in [0.25, 0.3) is 0 Å². The molecule has 18 heavy (non-hydrogen) atoms. The fourth-order valence-corrected chi connectivity index (χ4v) is 1.77. The molecule has 0 saturated carbocycles. The topological polar surface area (TPSA) is 55.6 Å². The Labute approximate surface area is 112 Å². The summed E-state index contributed by atoms with van der Waals surface area (Å²) in [4.78, 5) is 14.1. The zero-order valence-electron chi connectivity index (χ0n) is 12.5. The summed E-state index contributed by atoms with van der Waals surface area (Å²) in [6.07, 6.45) is 2.36. The molecule has 108 valence electrons. The molecule has 0 unspecified atom stereocenters. The summed E-state index contributed by atoms with van der Waals surface area (Å²) in [6, 6.07) is 0. The van der Waals surface area contributed by atoms with E-state index in [0.29, 0.717) is 26.2 Å². The predicted molar refractivity (Wildman–Crippen MR) is 75.4 cm³/mol. The van der Waals surface area contributed by atoms with Crippen molar-refractivity contribution in [2.75, 3.05) is 32.8 Å². The van der Waals surface area contributed by atoms with E-state index in [0.717, 1.165) is 25.9 Å². The van der Waals surface area contributed by atoms with Crippen molar-refractivity contribution in [1.29, 1.82) is 0 Å². The summed E-state index contributed by atoms with van der Waals surface area (Å²) in [6.45, 7) is 11.8. The van der Waals surface area contributed by atoms with Gasteiger partial charge in [0.25, 0.3) is 0 Å². The molecule has 0 aromatic heterocycles. The Morgan fingerprint density at radius 1 is 1.33 bits per heavy atom. The Bertz CT molecular complexity index is 230. The third-order valence-electron chi connectivity index (χ3n) is 2.90. The lowest BCUT2D eigenvalue weighted by Gasteiger charge is -2.31. The van der Waals surface area contributed by atoms with Crippen LogP contribution in [0.3, 0.4) is 0 Å². The van der Waals surface area contributed by atoms with Crippen LogP contribution < -0.4 is 5.73 Å². The number of nitrogens with zero attached hydrogens (tertiary/aromatic N) is 1. The van der Waals surface area contributed by atoms with Crippen molar-refractivity contribution in [2.45, 2.75) is 47.0 Å². The number of amides is 1. The van der Waals surface area contributed by atoms with Gasteiger partial charge in [0.15, 0.2) is 0 Å². The fraction of sp³-hybridized carbons (Fsp3) is 0.929. The first-order valence-electron chi connectivity index (χ1n) is 7.02. The van der Waals surface area contributed by atoms with Gasteiger partial charge in [0.05, 0.1) is 0 Å². The van der Waals surface area contributed by atoms with Crippen LogP contribution in [0.15, 0.2) is 0 Å². The van der Waals surface area contributed by atoms with Crippen LogP contribution in [0, 0.1) is 5.41 Å². The van der Waals surface area contributed by atoms with E-state index in [2.05, 4.69) is 20.8 Å². The Kier molecular flexibility index (Phi) is 9.02. The molecule has 4 nitrogen and oxygen atoms in total. The van der Waals surface area contributed by atoms with Gasteiger partial charge in [-0.1, -0.05) is 20.8 Å². The van der Waals surface area contributed by atoms with Crippen molar-refractivity contribution in [3.8, 4) is 0 Å². The van der Waals surface area contributed by atoms with Gasteiger partial charge in [0.1, 0.15) is 0 Å². The molecule has 0 fully saturated rings. The Morgan fingerprint density at radius 2 is 2.00 bits per heavy atom. The van der Waals surface area contributed by atoms with Crippen LogP contribution in [0.2, 0.25) is 0 Å². The van der Waals surface area contributed by atoms with E-state index >= 15 is 0 Å². The molecule has 4 heteroatoms. The van der Waals surface area contributed by atoms with Crippen LogP contribution in [0.4, 0.5) is 0 Å². The maximum absolute atomic E-state index is 12.1. The monoisotopic (exact) mass is 258 g/mol. The van der Waals surface area contributed by atoms with Crippen molar-refractivity contribution in [1.82, 2.24) is 4.90 Å². The number of hydrogen-bond donors (Lipinski definition) is 1. The third kappa shape index (κ3) is 7.67. The second-order valence-corrected chi connectivity index (χ2v) is 5.48. The summed E-state index contributed by atoms with van der Waals surface area (Å²) in [7, 11) is 0. The lowest BCUT2D eigenvalue weighted by Crippen LogP contribution is -2.42. The number of carbonyl (C=O) groups excluding carboxylic acids is 1. The van der Waals surface area contributed by atoms with Gasteiger partial charge >= 0.3 is 0 Å². The van der Waals surface area contributed by atoms with Gasteiger partial charge in [-0.25, -0.2) is 0 Å². The average molecular weight is 258 g/mol. The molecule has 0 aromatic carbocycles. The number of nitrogens with two attached hydrogens (primary N) is 1. The first-order chi connectivity index (χ1) is 8.46. The van der Waals surface area contributed by atoms with Crippen LogP contribution in [0.5, 0.6) is 0 Å². The highest BCUT2D eigenvalue weighted by atomic mass is 16.5. The van der Waals surface area contributed by atoms with Gasteiger partial charge < -0.3 is 15.4 Å². The van der Waals surface area contributed by atoms with Gasteiger partial charge in [-0.05, 0) is 31.7 Å². The maximum Gasteiger partial charge on any atom is 0.222 e. The molecular formula is C14H30N2O2. The smallest absolute Gasteiger partial charge is 0.222 e. The highest BCUT2D eigenvalue weighted by molar-refractivity contribution is 5.76. The molecule has 0 atom stereocenters. The van der Waals surface area contributed by atoms with E-state index in [-0.39, 0.29) is 11.3 Å². The Hall–Kier alpha value is -0.610. The van der Waals surface area contributed by atoms with Crippen molar-refractivity contribution in [3.05, 3.63) is 0 Å². The van der Waals surface area contributed by atoms with Gasteiger partial charge in [-0.3, -0.25) is 4.79 Å². The summed E-state index contributed by atoms with van der Waals surface area (Å²) >= 11 is 0. The standard InChI is InChI=1S/C14H30N2O2/c1-5-9-16(12-14(3,4)11-15)13(17)8-7-10-18-6-2/h5-12,15H2,1-4H3. The second kappa shape index (κ2) is 9.34. The van der Waals surface area contributed by atoms with E-state index in [1.54, 1.807) is 0 Å². The van der Waals surface area contributed by atoms with Crippen LogP contribution in [0.1, 0.15) is 47.0 Å². The first kappa shape index (κ1) is 17.4. The SMILES string of the molecule is CCCN(CC(C)(C)CN)C(=O)CCCOCC. The summed E-state index contributed by atoms with van der Waals surface area (Å²) in [5.74, 6) is 0.220. The summed E-state index contributed by atoms with van der Waals surface area (Å²) in [5, 5.41) is 0. The van der Waals surface area contributed by atoms with Crippen molar-refractivity contribution >= 4 is 5.91 Å². The fourth-order valence-electron chi connectivity index (χ4n) is 1.77. The minimum absolute atomic E-state index is 0.00918. The first-order valence-corrected chi connectivity index (χ1v) is 7.02. The summed E-state index contributed by atoms with van der Waals surface area (Å²) in [5.41, 5.74) is 5.72. The zero-order chi connectivity index (χ0) is 14.0. The Balaban J connectivity index is 4.18. The van der Waals surface area contributed by atoms with Gasteiger partial charge in [0.2, 0.25) is 5.91 Å². The third-order valence-corrected chi connectivity index (χ3v) is 2.90. The van der Waals surface area contributed by atoms with Crippen molar-refractivity contribution in [3.63, 3.8) is 0 Å². The van der Waals surface area contributed by atoms with Gasteiger partial charge in [-0.15, -0.1) is 0 Å². The minimum Gasteiger partial charge on any atom is -0.382 e. The molecule has 0 aromatic rings. The van der Waals surface area contributed by atoms with E-state index in [1.165, 1.54) is 0 Å².